The smallest absolute Gasteiger partial charge is 0.335 e. The highest BCUT2D eigenvalue weighted by atomic mass is 16.7. The van der Waals surface area contributed by atoms with Crippen LogP contribution in [0.1, 0.15) is 31.9 Å². The molecule has 0 saturated heterocycles. The van der Waals surface area contributed by atoms with E-state index >= 15 is 0 Å². The Bertz CT molecular complexity index is 1940. The fraction of sp³-hybridized carbons (Fsp3) is 0.146. The second-order valence-corrected chi connectivity index (χ2v) is 11.0. The molecule has 0 fully saturated rings. The molecular formula is C41H36O9. The molecule has 9 nitrogen and oxygen atoms in total. The molecule has 0 radical (unpaired) electrons. The van der Waals surface area contributed by atoms with E-state index in [0.717, 1.165) is 22.3 Å². The van der Waals surface area contributed by atoms with E-state index in [1.807, 2.05) is 54.6 Å². The molecule has 254 valence electrons. The van der Waals surface area contributed by atoms with Crippen molar-refractivity contribution in [3.8, 4) is 51.3 Å². The zero-order valence-corrected chi connectivity index (χ0v) is 28.1. The number of rotatable bonds is 14. The van der Waals surface area contributed by atoms with Gasteiger partial charge in [-0.05, 0) is 91.6 Å². The molecule has 0 bridgehead atoms. The van der Waals surface area contributed by atoms with E-state index in [9.17, 15) is 14.4 Å². The number of esters is 3. The average Bonchev–Trinajstić information content (AvgIpc) is 3.11. The lowest BCUT2D eigenvalue weighted by Crippen LogP contribution is -2.11. The number of carbonyl (C=O) groups is 3. The molecule has 0 saturated carbocycles. The van der Waals surface area contributed by atoms with Gasteiger partial charge in [-0.3, -0.25) is 0 Å². The Morgan fingerprint density at radius 1 is 0.500 bits per heavy atom. The van der Waals surface area contributed by atoms with E-state index in [1.165, 1.54) is 0 Å². The number of benzene rings is 4. The summed E-state index contributed by atoms with van der Waals surface area (Å²) in [5, 5.41) is 0. The summed E-state index contributed by atoms with van der Waals surface area (Å²) < 4.78 is 31.9. The van der Waals surface area contributed by atoms with Crippen molar-refractivity contribution in [3.05, 3.63) is 139 Å². The van der Waals surface area contributed by atoms with Gasteiger partial charge < -0.3 is 28.4 Å². The first-order chi connectivity index (χ1) is 24.0. The van der Waals surface area contributed by atoms with Crippen LogP contribution >= 0.6 is 0 Å². The molecule has 0 aliphatic carbocycles. The van der Waals surface area contributed by atoms with E-state index in [0.29, 0.717) is 33.9 Å². The maximum Gasteiger partial charge on any atom is 0.335 e. The molecule has 0 aromatic heterocycles. The molecule has 0 N–H and O–H groups in total. The van der Waals surface area contributed by atoms with Crippen molar-refractivity contribution >= 4 is 17.9 Å². The van der Waals surface area contributed by atoms with Crippen molar-refractivity contribution in [2.45, 2.75) is 20.8 Å². The van der Waals surface area contributed by atoms with Gasteiger partial charge in [-0.2, -0.15) is 0 Å². The van der Waals surface area contributed by atoms with Crippen LogP contribution in [0.3, 0.4) is 0 Å². The van der Waals surface area contributed by atoms with E-state index in [1.54, 1.807) is 57.2 Å². The van der Waals surface area contributed by atoms with Crippen LogP contribution in [0.15, 0.2) is 127 Å². The summed E-state index contributed by atoms with van der Waals surface area (Å²) in [6.45, 7) is 14.6. The monoisotopic (exact) mass is 672 g/mol. The lowest BCUT2D eigenvalue weighted by Gasteiger charge is -2.12. The van der Waals surface area contributed by atoms with Gasteiger partial charge in [0, 0.05) is 22.3 Å². The lowest BCUT2D eigenvalue weighted by atomic mass is 9.99. The van der Waals surface area contributed by atoms with Crippen molar-refractivity contribution in [1.82, 2.24) is 0 Å². The minimum absolute atomic E-state index is 0.202. The second kappa shape index (κ2) is 17.6. The SMILES string of the molecule is C=C(C)C(=O)OCOc1ccc(C#Cc2ccc(-c3ccc(-c4ccc(OCOC(=O)C(=C)C)cc4)cc3)cc2OCOC(=O)C(=C)C)cc1. The fourth-order valence-electron chi connectivity index (χ4n) is 4.12. The average molecular weight is 673 g/mol. The van der Waals surface area contributed by atoms with Gasteiger partial charge in [-0.15, -0.1) is 0 Å². The van der Waals surface area contributed by atoms with Gasteiger partial charge in [0.25, 0.3) is 0 Å². The van der Waals surface area contributed by atoms with Crippen molar-refractivity contribution in [2.24, 2.45) is 0 Å². The first-order valence-electron chi connectivity index (χ1n) is 15.3. The van der Waals surface area contributed by atoms with Crippen LogP contribution in [0.4, 0.5) is 0 Å². The first kappa shape index (κ1) is 36.3. The highest BCUT2D eigenvalue weighted by Gasteiger charge is 2.10. The van der Waals surface area contributed by atoms with Gasteiger partial charge in [0.15, 0.2) is 0 Å². The third-order valence-corrected chi connectivity index (χ3v) is 6.86. The maximum absolute atomic E-state index is 11.9. The molecule has 0 aliphatic heterocycles. The van der Waals surface area contributed by atoms with Gasteiger partial charge in [0.1, 0.15) is 17.2 Å². The standard InChI is InChI=1S/C41H36O9/c1-27(2)39(42)48-24-45-36-19-8-30(9-20-36)7-10-34-15-16-35(23-38(34)47-26-50-41(44)29(5)6)33-13-11-31(12-14-33)32-17-21-37(22-18-32)46-25-49-40(43)28(3)4/h8-9,11-23H,1,3,5,24-26H2,2,4,6H3. The Labute approximate surface area is 291 Å². The Kier molecular flexibility index (Phi) is 12.8. The number of ether oxygens (including phenoxy) is 6. The van der Waals surface area contributed by atoms with Gasteiger partial charge in [0.2, 0.25) is 20.4 Å². The van der Waals surface area contributed by atoms with Gasteiger partial charge in [-0.1, -0.05) is 74.0 Å². The molecule has 0 amide bonds. The Balaban J connectivity index is 1.47. The summed E-state index contributed by atoms with van der Waals surface area (Å²) in [5.74, 6) is 6.13. The summed E-state index contributed by atoms with van der Waals surface area (Å²) >= 11 is 0. The van der Waals surface area contributed by atoms with Crippen molar-refractivity contribution in [3.63, 3.8) is 0 Å². The Morgan fingerprint density at radius 2 is 0.880 bits per heavy atom. The summed E-state index contributed by atoms with van der Waals surface area (Å²) in [6, 6.07) is 28.0. The van der Waals surface area contributed by atoms with Crippen LogP contribution in [-0.4, -0.2) is 38.3 Å². The largest absolute Gasteiger partial charge is 0.457 e. The molecule has 9 heteroatoms. The van der Waals surface area contributed by atoms with Crippen LogP contribution < -0.4 is 14.2 Å². The maximum atomic E-state index is 11.9. The lowest BCUT2D eigenvalue weighted by molar-refractivity contribution is -0.146. The van der Waals surface area contributed by atoms with E-state index in [-0.39, 0.29) is 31.5 Å². The van der Waals surface area contributed by atoms with Gasteiger partial charge >= 0.3 is 17.9 Å². The van der Waals surface area contributed by atoms with E-state index in [4.69, 9.17) is 28.4 Å². The molecule has 0 spiro atoms. The first-order valence-corrected chi connectivity index (χ1v) is 15.3. The summed E-state index contributed by atoms with van der Waals surface area (Å²) in [7, 11) is 0. The number of carbonyl (C=O) groups excluding carboxylic acids is 3. The third kappa shape index (κ3) is 10.8. The summed E-state index contributed by atoms with van der Waals surface area (Å²) in [4.78, 5) is 35.0. The Hall–Kier alpha value is -6.53. The molecule has 0 unspecified atom stereocenters. The van der Waals surface area contributed by atoms with Crippen LogP contribution in [0.25, 0.3) is 22.3 Å². The third-order valence-electron chi connectivity index (χ3n) is 6.86. The van der Waals surface area contributed by atoms with Crippen molar-refractivity contribution in [2.75, 3.05) is 20.4 Å². The predicted molar refractivity (Wildman–Crippen MR) is 189 cm³/mol. The molecule has 4 rings (SSSR count). The van der Waals surface area contributed by atoms with Crippen molar-refractivity contribution < 1.29 is 42.8 Å². The Morgan fingerprint density at radius 3 is 1.34 bits per heavy atom. The van der Waals surface area contributed by atoms with Crippen LogP contribution in [0, 0.1) is 11.8 Å². The summed E-state index contributed by atoms with van der Waals surface area (Å²) in [5.41, 5.74) is 5.91. The molecule has 4 aromatic carbocycles. The second-order valence-electron chi connectivity index (χ2n) is 11.0. The van der Waals surface area contributed by atoms with Gasteiger partial charge in [0.05, 0.1) is 5.56 Å². The molecule has 0 heterocycles. The van der Waals surface area contributed by atoms with Crippen LogP contribution in [0.2, 0.25) is 0 Å². The molecule has 4 aromatic rings. The number of hydrogen-bond donors (Lipinski definition) is 0. The number of hydrogen-bond acceptors (Lipinski definition) is 9. The predicted octanol–water partition coefficient (Wildman–Crippen LogP) is 7.79. The molecule has 50 heavy (non-hydrogen) atoms. The van der Waals surface area contributed by atoms with Crippen molar-refractivity contribution in [1.29, 1.82) is 0 Å². The van der Waals surface area contributed by atoms with Gasteiger partial charge in [-0.25, -0.2) is 14.4 Å². The normalized spacial score (nSPS) is 10.1. The zero-order chi connectivity index (χ0) is 36.0. The minimum Gasteiger partial charge on any atom is -0.457 e. The van der Waals surface area contributed by atoms with E-state index < -0.39 is 17.9 Å². The van der Waals surface area contributed by atoms with E-state index in [2.05, 4.69) is 31.6 Å². The fourth-order valence-corrected chi connectivity index (χ4v) is 4.12. The quantitative estimate of drug-likeness (QED) is 0.0436. The molecule has 0 aliphatic rings. The molecule has 0 atom stereocenters. The van der Waals surface area contributed by atoms with Crippen LogP contribution in [-0.2, 0) is 28.6 Å². The molecular weight excluding hydrogens is 636 g/mol. The topological polar surface area (TPSA) is 107 Å². The minimum atomic E-state index is -0.563. The summed E-state index contributed by atoms with van der Waals surface area (Å²) in [6.07, 6.45) is 0. The zero-order valence-electron chi connectivity index (χ0n) is 28.1. The highest BCUT2D eigenvalue weighted by Crippen LogP contribution is 2.30. The van der Waals surface area contributed by atoms with Crippen LogP contribution in [0.5, 0.6) is 17.2 Å². The highest BCUT2D eigenvalue weighted by molar-refractivity contribution is 5.87.